The van der Waals surface area contributed by atoms with E-state index < -0.39 is 0 Å². The van der Waals surface area contributed by atoms with E-state index in [9.17, 15) is 4.79 Å². The molecule has 1 heterocycles. The monoisotopic (exact) mass is 493 g/mol. The predicted molar refractivity (Wildman–Crippen MR) is 118 cm³/mol. The summed E-state index contributed by atoms with van der Waals surface area (Å²) in [4.78, 5) is 18.8. The molecule has 6 nitrogen and oxygen atoms in total. The first-order chi connectivity index (χ1) is 12.6. The van der Waals surface area contributed by atoms with Crippen molar-refractivity contribution in [3.8, 4) is 0 Å². The summed E-state index contributed by atoms with van der Waals surface area (Å²) >= 11 is 0. The molecule has 3 fully saturated rings. The molecule has 1 N–H and O–H groups in total. The van der Waals surface area contributed by atoms with Crippen molar-refractivity contribution in [1.29, 1.82) is 0 Å². The molecule has 7 heteroatoms. The molecule has 0 aromatic rings. The lowest BCUT2D eigenvalue weighted by atomic mass is 9.60. The summed E-state index contributed by atoms with van der Waals surface area (Å²) in [7, 11) is 1.48. The average molecular weight is 493 g/mol. The number of methoxy groups -OCH3 is 1. The molecule has 0 radical (unpaired) electrons. The normalized spacial score (nSPS) is 27.8. The molecule has 1 saturated heterocycles. The Labute approximate surface area is 180 Å². The highest BCUT2D eigenvalue weighted by molar-refractivity contribution is 14.0. The van der Waals surface area contributed by atoms with Crippen molar-refractivity contribution in [3.05, 3.63) is 0 Å². The van der Waals surface area contributed by atoms with Gasteiger partial charge in [0.15, 0.2) is 5.96 Å². The highest BCUT2D eigenvalue weighted by atomic mass is 127. The molecule has 2 atom stereocenters. The third kappa shape index (κ3) is 4.71. The van der Waals surface area contributed by atoms with Gasteiger partial charge in [-0.25, -0.2) is 0 Å². The standard InChI is InChI=1S/C20H35N3O3.HI/c1-4-21-19(23-12-8-15(9-13-23)18(24)25-3)22-16-14-17(26-5-2)20(16)10-6-7-11-20;/h15-17H,4-14H2,1-3H3,(H,21,22);1H. The summed E-state index contributed by atoms with van der Waals surface area (Å²) in [6, 6.07) is 0.463. The van der Waals surface area contributed by atoms with Crippen LogP contribution in [0.25, 0.3) is 0 Å². The third-order valence-corrected chi connectivity index (χ3v) is 6.63. The van der Waals surface area contributed by atoms with Crippen molar-refractivity contribution in [2.45, 2.75) is 70.9 Å². The van der Waals surface area contributed by atoms with Gasteiger partial charge in [-0.2, -0.15) is 0 Å². The van der Waals surface area contributed by atoms with Crippen LogP contribution in [0, 0.1) is 11.3 Å². The van der Waals surface area contributed by atoms with Gasteiger partial charge in [0.2, 0.25) is 0 Å². The quantitative estimate of drug-likeness (QED) is 0.276. The van der Waals surface area contributed by atoms with E-state index in [4.69, 9.17) is 14.5 Å². The maximum Gasteiger partial charge on any atom is 0.308 e. The Hall–Kier alpha value is -0.570. The van der Waals surface area contributed by atoms with E-state index in [-0.39, 0.29) is 35.9 Å². The zero-order valence-electron chi connectivity index (χ0n) is 17.0. The minimum Gasteiger partial charge on any atom is -0.469 e. The van der Waals surface area contributed by atoms with Gasteiger partial charge in [-0.05, 0) is 46.0 Å². The number of carbonyl (C=O) groups excluding carboxylic acids is 1. The van der Waals surface area contributed by atoms with Gasteiger partial charge in [-0.3, -0.25) is 9.79 Å². The van der Waals surface area contributed by atoms with E-state index in [1.165, 1.54) is 32.8 Å². The van der Waals surface area contributed by atoms with E-state index in [0.29, 0.717) is 17.6 Å². The van der Waals surface area contributed by atoms with Gasteiger partial charge in [0.1, 0.15) is 0 Å². The summed E-state index contributed by atoms with van der Waals surface area (Å²) in [6.07, 6.45) is 8.32. The van der Waals surface area contributed by atoms with Crippen LogP contribution in [0.5, 0.6) is 0 Å². The number of esters is 1. The van der Waals surface area contributed by atoms with Crippen LogP contribution < -0.4 is 5.32 Å². The molecule has 1 spiro atoms. The number of guanidine groups is 1. The first-order valence-corrected chi connectivity index (χ1v) is 10.4. The molecule has 0 aromatic heterocycles. The van der Waals surface area contributed by atoms with Crippen molar-refractivity contribution in [2.24, 2.45) is 16.3 Å². The van der Waals surface area contributed by atoms with E-state index in [0.717, 1.165) is 51.5 Å². The van der Waals surface area contributed by atoms with E-state index in [2.05, 4.69) is 24.1 Å². The minimum absolute atomic E-state index is 0. The predicted octanol–water partition coefficient (Wildman–Crippen LogP) is 3.19. The number of halogens is 1. The number of rotatable bonds is 5. The zero-order chi connectivity index (χ0) is 18.6. The number of aliphatic imine (C=N–C) groups is 1. The third-order valence-electron chi connectivity index (χ3n) is 6.63. The number of nitrogens with zero attached hydrogens (tertiary/aromatic N) is 2. The van der Waals surface area contributed by atoms with E-state index >= 15 is 0 Å². The Morgan fingerprint density at radius 1 is 1.22 bits per heavy atom. The highest BCUT2D eigenvalue weighted by Gasteiger charge is 2.57. The lowest BCUT2D eigenvalue weighted by Crippen LogP contribution is -2.65. The van der Waals surface area contributed by atoms with Crippen LogP contribution in [-0.4, -0.2) is 62.3 Å². The molecule has 3 rings (SSSR count). The van der Waals surface area contributed by atoms with Gasteiger partial charge in [0.25, 0.3) is 0 Å². The largest absolute Gasteiger partial charge is 0.469 e. The van der Waals surface area contributed by atoms with E-state index in [1.807, 2.05) is 0 Å². The number of hydrogen-bond acceptors (Lipinski definition) is 4. The molecule has 156 valence electrons. The fourth-order valence-electron chi connectivity index (χ4n) is 5.13. The lowest BCUT2D eigenvalue weighted by molar-refractivity contribution is -0.146. The number of piperidine rings is 1. The van der Waals surface area contributed by atoms with Gasteiger partial charge < -0.3 is 19.7 Å². The zero-order valence-corrected chi connectivity index (χ0v) is 19.4. The lowest BCUT2D eigenvalue weighted by Gasteiger charge is -2.55. The van der Waals surface area contributed by atoms with Crippen molar-refractivity contribution < 1.29 is 14.3 Å². The molecule has 3 aliphatic rings. The van der Waals surface area contributed by atoms with Crippen molar-refractivity contribution in [3.63, 3.8) is 0 Å². The number of hydrogen-bond donors (Lipinski definition) is 1. The number of likely N-dealkylation sites (tertiary alicyclic amines) is 1. The van der Waals surface area contributed by atoms with Crippen LogP contribution in [0.2, 0.25) is 0 Å². The topological polar surface area (TPSA) is 63.2 Å². The van der Waals surface area contributed by atoms with Crippen LogP contribution in [0.3, 0.4) is 0 Å². The molecule has 2 saturated carbocycles. The average Bonchev–Trinajstić information content (AvgIpc) is 3.19. The van der Waals surface area contributed by atoms with Gasteiger partial charge in [0, 0.05) is 37.7 Å². The van der Waals surface area contributed by atoms with Crippen molar-refractivity contribution in [1.82, 2.24) is 10.2 Å². The summed E-state index contributed by atoms with van der Waals surface area (Å²) in [5.41, 5.74) is 0.300. The van der Waals surface area contributed by atoms with Crippen LogP contribution in [-0.2, 0) is 14.3 Å². The summed E-state index contributed by atoms with van der Waals surface area (Å²) in [5.74, 6) is 0.975. The summed E-state index contributed by atoms with van der Waals surface area (Å²) in [5, 5.41) is 3.78. The van der Waals surface area contributed by atoms with Gasteiger partial charge in [-0.1, -0.05) is 12.8 Å². The number of nitrogens with one attached hydrogen (secondary N) is 1. The first-order valence-electron chi connectivity index (χ1n) is 10.4. The van der Waals surface area contributed by atoms with Gasteiger partial charge in [0.05, 0.1) is 19.1 Å². The fraction of sp³-hybridized carbons (Fsp3) is 0.900. The molecular weight excluding hydrogens is 457 g/mol. The Balaban J connectivity index is 0.00000261. The fourth-order valence-corrected chi connectivity index (χ4v) is 5.13. The molecule has 2 aliphatic carbocycles. The number of ether oxygens (including phenoxy) is 2. The molecule has 0 amide bonds. The maximum atomic E-state index is 11.8. The minimum atomic E-state index is -0.0740. The van der Waals surface area contributed by atoms with Crippen molar-refractivity contribution >= 4 is 35.9 Å². The second-order valence-electron chi connectivity index (χ2n) is 7.90. The summed E-state index contributed by atoms with van der Waals surface area (Å²) < 4.78 is 10.9. The second kappa shape index (κ2) is 10.3. The molecule has 27 heavy (non-hydrogen) atoms. The maximum absolute atomic E-state index is 11.8. The summed E-state index contributed by atoms with van der Waals surface area (Å²) in [6.45, 7) is 7.47. The smallest absolute Gasteiger partial charge is 0.308 e. The SMILES string of the molecule is CCN=C(NC1CC(OCC)C12CCCC2)N1CCC(C(=O)OC)CC1.I. The van der Waals surface area contributed by atoms with Crippen LogP contribution in [0.15, 0.2) is 4.99 Å². The Bertz CT molecular complexity index is 515. The van der Waals surface area contributed by atoms with Crippen molar-refractivity contribution in [2.75, 3.05) is 33.4 Å². The molecule has 2 unspecified atom stereocenters. The molecular formula is C20H36IN3O3. The number of carbonyl (C=O) groups is 1. The second-order valence-corrected chi connectivity index (χ2v) is 7.90. The van der Waals surface area contributed by atoms with Crippen LogP contribution >= 0.6 is 24.0 Å². The first kappa shape index (κ1) is 22.7. The highest BCUT2D eigenvalue weighted by Crippen LogP contribution is 2.54. The van der Waals surface area contributed by atoms with E-state index in [1.54, 1.807) is 0 Å². The van der Waals surface area contributed by atoms with Gasteiger partial charge in [-0.15, -0.1) is 24.0 Å². The Morgan fingerprint density at radius 2 is 1.89 bits per heavy atom. The Kier molecular flexibility index (Phi) is 8.65. The molecule has 1 aliphatic heterocycles. The molecule has 0 bridgehead atoms. The van der Waals surface area contributed by atoms with Crippen LogP contribution in [0.4, 0.5) is 0 Å². The molecule has 0 aromatic carbocycles. The van der Waals surface area contributed by atoms with Gasteiger partial charge >= 0.3 is 5.97 Å². The van der Waals surface area contributed by atoms with Crippen LogP contribution in [0.1, 0.15) is 58.8 Å². The Morgan fingerprint density at radius 3 is 2.44 bits per heavy atom.